The maximum Gasteiger partial charge on any atom is 0.216 e. The monoisotopic (exact) mass is 295 g/mol. The lowest BCUT2D eigenvalue weighted by Crippen LogP contribution is -2.48. The fraction of sp³-hybridized carbons (Fsp3) is 0.533. The molecule has 0 bridgehead atoms. The average molecular weight is 296 g/mol. The first-order valence-corrected chi connectivity index (χ1v) is 7.40. The minimum Gasteiger partial charge on any atom is -0.355 e. The van der Waals surface area contributed by atoms with Crippen LogP contribution in [0.15, 0.2) is 24.3 Å². The Morgan fingerprint density at radius 2 is 2.30 bits per heavy atom. The van der Waals surface area contributed by atoms with Crippen molar-refractivity contribution in [1.82, 2.24) is 10.2 Å². The van der Waals surface area contributed by atoms with E-state index in [4.69, 9.17) is 17.3 Å². The highest BCUT2D eigenvalue weighted by molar-refractivity contribution is 6.30. The van der Waals surface area contributed by atoms with E-state index >= 15 is 0 Å². The summed E-state index contributed by atoms with van der Waals surface area (Å²) < 4.78 is 0. The zero-order valence-corrected chi connectivity index (χ0v) is 12.6. The second-order valence-electron chi connectivity index (χ2n) is 5.49. The Labute approximate surface area is 125 Å². The second kappa shape index (κ2) is 7.07. The SMILES string of the molecule is CC(=O)NCCN1CC(N)CC(c2cccc(Cl)c2)C1. The number of hydrogen-bond donors (Lipinski definition) is 2. The molecule has 1 saturated heterocycles. The van der Waals surface area contributed by atoms with Gasteiger partial charge in [0.15, 0.2) is 0 Å². The van der Waals surface area contributed by atoms with Crippen LogP contribution in [-0.2, 0) is 4.79 Å². The summed E-state index contributed by atoms with van der Waals surface area (Å²) >= 11 is 6.06. The fourth-order valence-corrected chi connectivity index (χ4v) is 3.01. The van der Waals surface area contributed by atoms with Gasteiger partial charge in [-0.3, -0.25) is 9.69 Å². The molecule has 1 aliphatic heterocycles. The standard InChI is InChI=1S/C15H22ClN3O/c1-11(20)18-5-6-19-9-13(8-15(17)10-19)12-3-2-4-14(16)7-12/h2-4,7,13,15H,5-6,8-10,17H2,1H3,(H,18,20). The van der Waals surface area contributed by atoms with Crippen molar-refractivity contribution in [2.75, 3.05) is 26.2 Å². The van der Waals surface area contributed by atoms with Crippen molar-refractivity contribution >= 4 is 17.5 Å². The molecule has 110 valence electrons. The smallest absolute Gasteiger partial charge is 0.216 e. The summed E-state index contributed by atoms with van der Waals surface area (Å²) in [5.74, 6) is 0.424. The molecule has 1 aromatic carbocycles. The Hall–Kier alpha value is -1.10. The minimum atomic E-state index is 0.0118. The molecular weight excluding hydrogens is 274 g/mol. The number of likely N-dealkylation sites (tertiary alicyclic amines) is 1. The quantitative estimate of drug-likeness (QED) is 0.887. The van der Waals surface area contributed by atoms with Crippen molar-refractivity contribution in [3.63, 3.8) is 0 Å². The maximum atomic E-state index is 10.9. The van der Waals surface area contributed by atoms with Crippen LogP contribution in [0.25, 0.3) is 0 Å². The lowest BCUT2D eigenvalue weighted by Gasteiger charge is -2.36. The van der Waals surface area contributed by atoms with Crippen LogP contribution in [-0.4, -0.2) is 43.0 Å². The van der Waals surface area contributed by atoms with E-state index in [9.17, 15) is 4.79 Å². The molecule has 5 heteroatoms. The van der Waals surface area contributed by atoms with Crippen molar-refractivity contribution in [3.05, 3.63) is 34.9 Å². The van der Waals surface area contributed by atoms with Gasteiger partial charge in [0.2, 0.25) is 5.91 Å². The summed E-state index contributed by atoms with van der Waals surface area (Å²) in [4.78, 5) is 13.2. The number of nitrogens with one attached hydrogen (secondary N) is 1. The van der Waals surface area contributed by atoms with Gasteiger partial charge in [0.25, 0.3) is 0 Å². The molecular formula is C15H22ClN3O. The lowest BCUT2D eigenvalue weighted by atomic mass is 9.88. The van der Waals surface area contributed by atoms with Gasteiger partial charge in [-0.05, 0) is 30.0 Å². The van der Waals surface area contributed by atoms with Crippen LogP contribution in [0.5, 0.6) is 0 Å². The first kappa shape index (κ1) is 15.3. The van der Waals surface area contributed by atoms with Gasteiger partial charge in [-0.25, -0.2) is 0 Å². The molecule has 1 aromatic rings. The lowest BCUT2D eigenvalue weighted by molar-refractivity contribution is -0.119. The highest BCUT2D eigenvalue weighted by Crippen LogP contribution is 2.27. The minimum absolute atomic E-state index is 0.0118. The van der Waals surface area contributed by atoms with E-state index in [1.165, 1.54) is 12.5 Å². The van der Waals surface area contributed by atoms with Crippen LogP contribution in [0.3, 0.4) is 0 Å². The summed E-state index contributed by atoms with van der Waals surface area (Å²) in [5, 5.41) is 3.60. The molecule has 1 heterocycles. The third-order valence-corrected chi connectivity index (χ3v) is 3.92. The van der Waals surface area contributed by atoms with Crippen LogP contribution in [0.1, 0.15) is 24.8 Å². The van der Waals surface area contributed by atoms with Crippen molar-refractivity contribution in [3.8, 4) is 0 Å². The highest BCUT2D eigenvalue weighted by atomic mass is 35.5. The van der Waals surface area contributed by atoms with Gasteiger partial charge in [0, 0.05) is 44.2 Å². The number of benzene rings is 1. The zero-order valence-electron chi connectivity index (χ0n) is 11.8. The number of nitrogens with zero attached hydrogens (tertiary/aromatic N) is 1. The van der Waals surface area contributed by atoms with Crippen molar-refractivity contribution in [1.29, 1.82) is 0 Å². The molecule has 0 aromatic heterocycles. The molecule has 0 saturated carbocycles. The van der Waals surface area contributed by atoms with Gasteiger partial charge in [-0.15, -0.1) is 0 Å². The van der Waals surface area contributed by atoms with E-state index in [2.05, 4.69) is 16.3 Å². The normalized spacial score (nSPS) is 23.6. The number of nitrogens with two attached hydrogens (primary N) is 1. The second-order valence-corrected chi connectivity index (χ2v) is 5.93. The maximum absolute atomic E-state index is 10.9. The van der Waals surface area contributed by atoms with E-state index in [1.54, 1.807) is 0 Å². The third kappa shape index (κ3) is 4.47. The third-order valence-electron chi connectivity index (χ3n) is 3.68. The summed E-state index contributed by atoms with van der Waals surface area (Å²) in [6.45, 7) is 4.90. The largest absolute Gasteiger partial charge is 0.355 e. The number of hydrogen-bond acceptors (Lipinski definition) is 3. The number of piperidine rings is 1. The molecule has 0 aliphatic carbocycles. The molecule has 20 heavy (non-hydrogen) atoms. The Morgan fingerprint density at radius 3 is 3.00 bits per heavy atom. The predicted molar refractivity (Wildman–Crippen MR) is 81.9 cm³/mol. The molecule has 0 radical (unpaired) electrons. The first-order valence-electron chi connectivity index (χ1n) is 7.02. The van der Waals surface area contributed by atoms with E-state index < -0.39 is 0 Å². The summed E-state index contributed by atoms with van der Waals surface area (Å²) in [6, 6.07) is 8.18. The number of carbonyl (C=O) groups excluding carboxylic acids is 1. The fourth-order valence-electron chi connectivity index (χ4n) is 2.81. The predicted octanol–water partition coefficient (Wildman–Crippen LogP) is 1.59. The van der Waals surface area contributed by atoms with Crippen molar-refractivity contribution < 1.29 is 4.79 Å². The van der Waals surface area contributed by atoms with Crippen LogP contribution in [0.2, 0.25) is 5.02 Å². The molecule has 2 atom stereocenters. The van der Waals surface area contributed by atoms with E-state index in [0.29, 0.717) is 12.5 Å². The highest BCUT2D eigenvalue weighted by Gasteiger charge is 2.25. The van der Waals surface area contributed by atoms with Gasteiger partial charge in [0.1, 0.15) is 0 Å². The van der Waals surface area contributed by atoms with E-state index in [-0.39, 0.29) is 11.9 Å². The molecule has 2 rings (SSSR count). The van der Waals surface area contributed by atoms with E-state index in [1.807, 2.05) is 18.2 Å². The van der Waals surface area contributed by atoms with E-state index in [0.717, 1.165) is 31.1 Å². The number of rotatable bonds is 4. The Kier molecular flexibility index (Phi) is 5.40. The topological polar surface area (TPSA) is 58.4 Å². The van der Waals surface area contributed by atoms with Crippen LogP contribution in [0.4, 0.5) is 0 Å². The molecule has 3 N–H and O–H groups in total. The van der Waals surface area contributed by atoms with Crippen molar-refractivity contribution in [2.24, 2.45) is 5.73 Å². The van der Waals surface area contributed by atoms with Gasteiger partial charge >= 0.3 is 0 Å². The van der Waals surface area contributed by atoms with Crippen LogP contribution in [0, 0.1) is 0 Å². The van der Waals surface area contributed by atoms with Gasteiger partial charge in [-0.1, -0.05) is 23.7 Å². The molecule has 4 nitrogen and oxygen atoms in total. The van der Waals surface area contributed by atoms with Gasteiger partial charge < -0.3 is 11.1 Å². The molecule has 1 fully saturated rings. The van der Waals surface area contributed by atoms with Gasteiger partial charge in [0.05, 0.1) is 0 Å². The molecule has 1 amide bonds. The van der Waals surface area contributed by atoms with Gasteiger partial charge in [-0.2, -0.15) is 0 Å². The zero-order chi connectivity index (χ0) is 14.5. The Balaban J connectivity index is 1.95. The molecule has 1 aliphatic rings. The summed E-state index contributed by atoms with van der Waals surface area (Å²) in [6.07, 6.45) is 0.983. The van der Waals surface area contributed by atoms with Crippen LogP contribution >= 0.6 is 11.6 Å². The Morgan fingerprint density at radius 1 is 1.50 bits per heavy atom. The Bertz CT molecular complexity index is 466. The first-order chi connectivity index (χ1) is 9.54. The number of carbonyl (C=O) groups is 1. The number of amides is 1. The molecule has 0 spiro atoms. The average Bonchev–Trinajstić information content (AvgIpc) is 2.37. The number of halogens is 1. The molecule has 2 unspecified atom stereocenters. The van der Waals surface area contributed by atoms with Crippen molar-refractivity contribution in [2.45, 2.75) is 25.3 Å². The summed E-state index contributed by atoms with van der Waals surface area (Å²) in [7, 11) is 0. The summed E-state index contributed by atoms with van der Waals surface area (Å²) in [5.41, 5.74) is 7.41. The van der Waals surface area contributed by atoms with Crippen LogP contribution < -0.4 is 11.1 Å².